The molecule has 1 atom stereocenters. The van der Waals surface area contributed by atoms with Crippen LogP contribution in [0.15, 0.2) is 59.5 Å². The molecule has 3 aromatic rings. The summed E-state index contributed by atoms with van der Waals surface area (Å²) < 4.78 is 21.7. The lowest BCUT2D eigenvalue weighted by molar-refractivity contribution is 0.0173. The number of nitrogens with one attached hydrogen (secondary N) is 3. The van der Waals surface area contributed by atoms with Gasteiger partial charge in [-0.1, -0.05) is 32.4 Å². The normalized spacial score (nSPS) is 11.4. The predicted molar refractivity (Wildman–Crippen MR) is 141 cm³/mol. The van der Waals surface area contributed by atoms with E-state index in [-0.39, 0.29) is 12.6 Å². The fourth-order valence-electron chi connectivity index (χ4n) is 3.44. The Labute approximate surface area is 216 Å². The highest BCUT2D eigenvalue weighted by Gasteiger charge is 2.14. The van der Waals surface area contributed by atoms with Gasteiger partial charge >= 0.3 is 12.1 Å². The number of urea groups is 1. The maximum absolute atomic E-state index is 12.6. The van der Waals surface area contributed by atoms with Crippen molar-refractivity contribution in [3.05, 3.63) is 60.6 Å². The second kappa shape index (κ2) is 14.5. The van der Waals surface area contributed by atoms with Crippen LogP contribution in [-0.2, 0) is 16.0 Å². The number of amides is 3. The minimum atomic E-state index is -0.509. The van der Waals surface area contributed by atoms with Gasteiger partial charge in [0.1, 0.15) is 11.9 Å². The largest absolute Gasteiger partial charge is 0.496 e. The maximum atomic E-state index is 12.6. The molecule has 0 saturated heterocycles. The molecule has 3 N–H and O–H groups in total. The van der Waals surface area contributed by atoms with Gasteiger partial charge in [0.25, 0.3) is 0 Å². The summed E-state index contributed by atoms with van der Waals surface area (Å²) >= 11 is 0. The van der Waals surface area contributed by atoms with E-state index in [1.807, 2.05) is 13.0 Å². The molecule has 0 aliphatic heterocycles. The van der Waals surface area contributed by atoms with Crippen LogP contribution in [0.1, 0.15) is 38.7 Å². The number of nitrogens with zero attached hydrogens (tertiary/aromatic N) is 1. The second-order valence-electron chi connectivity index (χ2n) is 8.28. The number of oxazole rings is 1. The van der Waals surface area contributed by atoms with Gasteiger partial charge < -0.3 is 34.6 Å². The van der Waals surface area contributed by atoms with Crippen molar-refractivity contribution in [3.63, 3.8) is 0 Å². The van der Waals surface area contributed by atoms with Crippen molar-refractivity contribution in [1.82, 2.24) is 10.3 Å². The zero-order valence-corrected chi connectivity index (χ0v) is 21.4. The molecule has 0 bridgehead atoms. The first kappa shape index (κ1) is 27.5. The summed E-state index contributed by atoms with van der Waals surface area (Å²) in [5.41, 5.74) is 2.65. The molecular formula is C27H34N4O6. The van der Waals surface area contributed by atoms with Crippen molar-refractivity contribution < 1.29 is 28.2 Å². The lowest BCUT2D eigenvalue weighted by Crippen LogP contribution is -2.31. The Balaban J connectivity index is 1.49. The number of methoxy groups -OCH3 is 1. The Morgan fingerprint density at radius 2 is 1.89 bits per heavy atom. The molecule has 3 rings (SSSR count). The first-order valence-electron chi connectivity index (χ1n) is 12.3. The summed E-state index contributed by atoms with van der Waals surface area (Å²) in [6.45, 7) is 5.34. The van der Waals surface area contributed by atoms with Crippen LogP contribution < -0.4 is 20.7 Å². The third-order valence-electron chi connectivity index (χ3n) is 5.45. The monoisotopic (exact) mass is 510 g/mol. The molecule has 2 aromatic carbocycles. The first-order chi connectivity index (χ1) is 18.0. The Morgan fingerprint density at radius 3 is 2.59 bits per heavy atom. The minimum Gasteiger partial charge on any atom is -0.496 e. The molecule has 1 aromatic heterocycles. The molecule has 0 unspecified atom stereocenters. The number of hydrogen-bond donors (Lipinski definition) is 3. The van der Waals surface area contributed by atoms with Crippen LogP contribution in [-0.4, -0.2) is 43.5 Å². The summed E-state index contributed by atoms with van der Waals surface area (Å²) in [6, 6.07) is 12.0. The summed E-state index contributed by atoms with van der Waals surface area (Å²) in [4.78, 5) is 28.7. The molecule has 0 fully saturated rings. The third-order valence-corrected chi connectivity index (χ3v) is 5.45. The highest BCUT2D eigenvalue weighted by molar-refractivity contribution is 6.00. The van der Waals surface area contributed by atoms with Crippen LogP contribution in [0.25, 0.3) is 11.3 Å². The number of hydrogen-bond acceptors (Lipinski definition) is 7. The van der Waals surface area contributed by atoms with E-state index >= 15 is 0 Å². The zero-order chi connectivity index (χ0) is 26.5. The topological polar surface area (TPSA) is 124 Å². The van der Waals surface area contributed by atoms with Crippen LogP contribution >= 0.6 is 0 Å². The van der Waals surface area contributed by atoms with Crippen molar-refractivity contribution in [3.8, 4) is 17.1 Å². The number of anilines is 2. The molecule has 10 nitrogen and oxygen atoms in total. The zero-order valence-electron chi connectivity index (χ0n) is 21.4. The van der Waals surface area contributed by atoms with Gasteiger partial charge in [0, 0.05) is 30.6 Å². The van der Waals surface area contributed by atoms with Gasteiger partial charge in [-0.25, -0.2) is 14.6 Å². The van der Waals surface area contributed by atoms with Gasteiger partial charge in [-0.05, 0) is 42.7 Å². The maximum Gasteiger partial charge on any atom is 0.407 e. The fourth-order valence-corrected chi connectivity index (χ4v) is 3.44. The Morgan fingerprint density at radius 1 is 1.08 bits per heavy atom. The van der Waals surface area contributed by atoms with E-state index in [0.717, 1.165) is 24.0 Å². The molecule has 0 radical (unpaired) electrons. The number of benzene rings is 2. The second-order valence-corrected chi connectivity index (χ2v) is 8.28. The summed E-state index contributed by atoms with van der Waals surface area (Å²) in [6.07, 6.45) is 4.83. The lowest BCUT2D eigenvalue weighted by atomic mass is 10.1. The van der Waals surface area contributed by atoms with Crippen molar-refractivity contribution in [2.24, 2.45) is 0 Å². The minimum absolute atomic E-state index is 0.253. The molecule has 198 valence electrons. The molecule has 0 saturated carbocycles. The standard InChI is InChI=1S/C27H34N4O6/c1-4-6-12-35-17-22(5-2)37-27(33)29-15-19-8-7-9-20(13-19)30-26(32)31-21-10-11-23(24(14-21)34-3)25-16-28-18-36-25/h7-11,13-14,16,18,22H,4-6,12,15,17H2,1-3H3,(H,29,33)(H2,30,31,32)/t22-/m1/s1. The highest BCUT2D eigenvalue weighted by Crippen LogP contribution is 2.32. The number of carbonyl (C=O) groups excluding carboxylic acids is 2. The van der Waals surface area contributed by atoms with Crippen molar-refractivity contribution in [2.75, 3.05) is 31.0 Å². The summed E-state index contributed by atoms with van der Waals surface area (Å²) in [7, 11) is 1.54. The highest BCUT2D eigenvalue weighted by atomic mass is 16.6. The molecule has 0 spiro atoms. The number of rotatable bonds is 13. The Hall–Kier alpha value is -4.05. The SMILES string of the molecule is CCCCOC[C@@H](CC)OC(=O)NCc1cccc(NC(=O)Nc2ccc(-c3cnco3)c(OC)c2)c1. The third kappa shape index (κ3) is 8.84. The van der Waals surface area contributed by atoms with Gasteiger partial charge in [-0.3, -0.25) is 0 Å². The number of aromatic nitrogens is 1. The smallest absolute Gasteiger partial charge is 0.407 e. The Kier molecular flexibility index (Phi) is 10.8. The number of carbonyl (C=O) groups is 2. The van der Waals surface area contributed by atoms with Crippen LogP contribution in [0.3, 0.4) is 0 Å². The molecule has 3 amide bonds. The summed E-state index contributed by atoms with van der Waals surface area (Å²) in [5, 5.41) is 8.32. The molecular weight excluding hydrogens is 476 g/mol. The molecule has 37 heavy (non-hydrogen) atoms. The van der Waals surface area contributed by atoms with E-state index in [1.54, 1.807) is 42.6 Å². The van der Waals surface area contributed by atoms with E-state index in [1.165, 1.54) is 13.5 Å². The van der Waals surface area contributed by atoms with E-state index < -0.39 is 12.1 Å². The van der Waals surface area contributed by atoms with E-state index in [9.17, 15) is 9.59 Å². The predicted octanol–water partition coefficient (Wildman–Crippen LogP) is 5.82. The first-order valence-corrected chi connectivity index (χ1v) is 12.3. The van der Waals surface area contributed by atoms with Gasteiger partial charge in [0.05, 0.1) is 25.5 Å². The van der Waals surface area contributed by atoms with Crippen LogP contribution in [0.2, 0.25) is 0 Å². The van der Waals surface area contributed by atoms with Crippen LogP contribution in [0.5, 0.6) is 5.75 Å². The van der Waals surface area contributed by atoms with E-state index in [0.29, 0.717) is 42.5 Å². The van der Waals surface area contributed by atoms with Gasteiger partial charge in [-0.15, -0.1) is 0 Å². The number of unbranched alkanes of at least 4 members (excludes halogenated alkanes) is 1. The van der Waals surface area contributed by atoms with Gasteiger partial charge in [0.2, 0.25) is 0 Å². The van der Waals surface area contributed by atoms with Crippen LogP contribution in [0, 0.1) is 0 Å². The van der Waals surface area contributed by atoms with Crippen LogP contribution in [0.4, 0.5) is 21.0 Å². The van der Waals surface area contributed by atoms with Gasteiger partial charge in [-0.2, -0.15) is 0 Å². The quantitative estimate of drug-likeness (QED) is 0.248. The molecule has 1 heterocycles. The summed E-state index contributed by atoms with van der Waals surface area (Å²) in [5.74, 6) is 1.10. The number of alkyl carbamates (subject to hydrolysis) is 1. The van der Waals surface area contributed by atoms with Gasteiger partial charge in [0.15, 0.2) is 12.2 Å². The average molecular weight is 511 g/mol. The average Bonchev–Trinajstić information content (AvgIpc) is 3.44. The lowest BCUT2D eigenvalue weighted by Gasteiger charge is -2.17. The van der Waals surface area contributed by atoms with E-state index in [2.05, 4.69) is 27.9 Å². The molecule has 0 aliphatic rings. The Bertz CT molecular complexity index is 1140. The van der Waals surface area contributed by atoms with Crippen molar-refractivity contribution >= 4 is 23.5 Å². The molecule has 0 aliphatic carbocycles. The van der Waals surface area contributed by atoms with E-state index in [4.69, 9.17) is 18.6 Å². The van der Waals surface area contributed by atoms with Crippen molar-refractivity contribution in [1.29, 1.82) is 0 Å². The molecule has 10 heteroatoms. The number of ether oxygens (including phenoxy) is 3. The fraction of sp³-hybridized carbons (Fsp3) is 0.370. The van der Waals surface area contributed by atoms with Crippen molar-refractivity contribution in [2.45, 2.75) is 45.8 Å².